The van der Waals surface area contributed by atoms with E-state index in [-0.39, 0.29) is 6.03 Å². The third-order valence-electron chi connectivity index (χ3n) is 3.96. The van der Waals surface area contributed by atoms with Gasteiger partial charge in [0.2, 0.25) is 0 Å². The molecule has 1 saturated heterocycles. The van der Waals surface area contributed by atoms with Gasteiger partial charge in [0, 0.05) is 24.3 Å². The Bertz CT molecular complexity index is 513. The van der Waals surface area contributed by atoms with Gasteiger partial charge in [-0.15, -0.1) is 0 Å². The van der Waals surface area contributed by atoms with E-state index in [1.165, 1.54) is 4.90 Å². The molecule has 2 rings (SSSR count). The molecule has 0 spiro atoms. The van der Waals surface area contributed by atoms with Crippen LogP contribution in [0.2, 0.25) is 0 Å². The van der Waals surface area contributed by atoms with Crippen LogP contribution in [0.25, 0.3) is 0 Å². The van der Waals surface area contributed by atoms with Gasteiger partial charge in [-0.2, -0.15) is 5.10 Å². The largest absolute Gasteiger partial charge is 0.480 e. The topological polar surface area (TPSA) is 98.3 Å². The van der Waals surface area contributed by atoms with Crippen LogP contribution in [-0.4, -0.2) is 44.3 Å². The summed E-state index contributed by atoms with van der Waals surface area (Å²) in [6.45, 7) is 4.29. The number of aromatic nitrogens is 2. The highest BCUT2D eigenvalue weighted by Gasteiger charge is 2.43. The lowest BCUT2D eigenvalue weighted by Gasteiger charge is -2.41. The lowest BCUT2D eigenvalue weighted by atomic mass is 9.89. The highest BCUT2D eigenvalue weighted by atomic mass is 16.4. The smallest absolute Gasteiger partial charge is 0.329 e. The van der Waals surface area contributed by atoms with E-state index < -0.39 is 11.5 Å². The zero-order valence-electron chi connectivity index (χ0n) is 11.8. The van der Waals surface area contributed by atoms with E-state index in [0.717, 1.165) is 24.1 Å². The van der Waals surface area contributed by atoms with E-state index in [0.29, 0.717) is 19.5 Å². The maximum Gasteiger partial charge on any atom is 0.329 e. The molecule has 1 atom stereocenters. The highest BCUT2D eigenvalue weighted by Crippen LogP contribution is 2.28. The minimum atomic E-state index is -1.12. The van der Waals surface area contributed by atoms with Crippen molar-refractivity contribution < 1.29 is 14.7 Å². The summed E-state index contributed by atoms with van der Waals surface area (Å²) in [5.41, 5.74) is 0.672. The second-order valence-corrected chi connectivity index (χ2v) is 5.37. The minimum absolute atomic E-state index is 0.338. The van der Waals surface area contributed by atoms with Crippen molar-refractivity contribution in [3.63, 3.8) is 0 Å². The fourth-order valence-corrected chi connectivity index (χ4v) is 2.49. The van der Waals surface area contributed by atoms with Gasteiger partial charge in [0.15, 0.2) is 0 Å². The molecule has 1 unspecified atom stereocenters. The van der Waals surface area contributed by atoms with Crippen LogP contribution in [0, 0.1) is 6.92 Å². The van der Waals surface area contributed by atoms with Crippen LogP contribution in [-0.2, 0) is 11.3 Å². The Labute approximate surface area is 117 Å². The van der Waals surface area contributed by atoms with Crippen LogP contribution in [0.3, 0.4) is 0 Å². The summed E-state index contributed by atoms with van der Waals surface area (Å²) < 4.78 is 0. The average Bonchev–Trinajstić information content (AvgIpc) is 2.82. The molecular formula is C13H20N4O3. The molecule has 0 aromatic carbocycles. The fraction of sp³-hybridized carbons (Fsp3) is 0.615. The minimum Gasteiger partial charge on any atom is -0.480 e. The van der Waals surface area contributed by atoms with Gasteiger partial charge in [-0.25, -0.2) is 9.59 Å². The number of carboxylic acid groups (broad SMARTS) is 1. The zero-order chi connectivity index (χ0) is 14.8. The molecule has 7 nitrogen and oxygen atoms in total. The second-order valence-electron chi connectivity index (χ2n) is 5.37. The van der Waals surface area contributed by atoms with Gasteiger partial charge in [0.1, 0.15) is 5.54 Å². The molecule has 3 N–H and O–H groups in total. The Morgan fingerprint density at radius 3 is 2.90 bits per heavy atom. The maximum atomic E-state index is 12.2. The standard InChI is InChI=1S/C13H20N4O3/c1-9-10(8-15-16-9)7-14-12(20)17-6-4-3-5-13(17,2)11(18)19/h8H,3-7H2,1-2H3,(H,14,20)(H,15,16)(H,18,19). The summed E-state index contributed by atoms with van der Waals surface area (Å²) in [6, 6.07) is -0.338. The van der Waals surface area contributed by atoms with Crippen LogP contribution >= 0.6 is 0 Å². The van der Waals surface area contributed by atoms with Gasteiger partial charge in [-0.1, -0.05) is 0 Å². The summed E-state index contributed by atoms with van der Waals surface area (Å²) in [7, 11) is 0. The van der Waals surface area contributed by atoms with Crippen molar-refractivity contribution in [2.75, 3.05) is 6.54 Å². The van der Waals surface area contributed by atoms with E-state index in [4.69, 9.17) is 0 Å². The SMILES string of the molecule is Cc1[nH]ncc1CNC(=O)N1CCCCC1(C)C(=O)O. The van der Waals surface area contributed by atoms with Crippen LogP contribution in [0.15, 0.2) is 6.20 Å². The molecule has 1 aliphatic rings. The van der Waals surface area contributed by atoms with E-state index in [2.05, 4.69) is 15.5 Å². The number of hydrogen-bond donors (Lipinski definition) is 3. The summed E-state index contributed by atoms with van der Waals surface area (Å²) in [5, 5.41) is 18.8. The van der Waals surface area contributed by atoms with E-state index >= 15 is 0 Å². The fourth-order valence-electron chi connectivity index (χ4n) is 2.49. The lowest BCUT2D eigenvalue weighted by molar-refractivity contribution is -0.150. The number of amides is 2. The first-order valence-electron chi connectivity index (χ1n) is 6.73. The number of hydrogen-bond acceptors (Lipinski definition) is 3. The van der Waals surface area contributed by atoms with Gasteiger partial charge < -0.3 is 15.3 Å². The molecule has 1 aliphatic heterocycles. The first kappa shape index (κ1) is 14.4. The van der Waals surface area contributed by atoms with Crippen molar-refractivity contribution in [2.24, 2.45) is 0 Å². The van der Waals surface area contributed by atoms with Crippen molar-refractivity contribution in [2.45, 2.75) is 45.2 Å². The van der Waals surface area contributed by atoms with Gasteiger partial charge in [0.05, 0.1) is 6.20 Å². The molecule has 0 bridgehead atoms. The molecule has 110 valence electrons. The number of likely N-dealkylation sites (tertiary alicyclic amines) is 1. The van der Waals surface area contributed by atoms with Gasteiger partial charge in [-0.3, -0.25) is 5.10 Å². The van der Waals surface area contributed by atoms with Crippen molar-refractivity contribution in [3.05, 3.63) is 17.5 Å². The molecule has 0 aliphatic carbocycles. The highest BCUT2D eigenvalue weighted by molar-refractivity contribution is 5.86. The number of carboxylic acids is 1. The number of aliphatic carboxylic acids is 1. The van der Waals surface area contributed by atoms with Crippen LogP contribution in [0.4, 0.5) is 4.79 Å². The number of H-pyrrole nitrogens is 1. The quantitative estimate of drug-likeness (QED) is 0.776. The molecule has 1 fully saturated rings. The number of nitrogens with one attached hydrogen (secondary N) is 2. The molecule has 1 aromatic rings. The molecule has 2 heterocycles. The van der Waals surface area contributed by atoms with Crippen molar-refractivity contribution in [1.82, 2.24) is 20.4 Å². The molecule has 0 saturated carbocycles. The average molecular weight is 280 g/mol. The number of urea groups is 1. The third kappa shape index (κ3) is 2.61. The monoisotopic (exact) mass is 280 g/mol. The molecule has 0 radical (unpaired) electrons. The molecule has 2 amide bonds. The van der Waals surface area contributed by atoms with Gasteiger partial charge in [0.25, 0.3) is 0 Å². The van der Waals surface area contributed by atoms with E-state index in [9.17, 15) is 14.7 Å². The maximum absolute atomic E-state index is 12.2. The zero-order valence-corrected chi connectivity index (χ0v) is 11.8. The number of carbonyl (C=O) groups excluding carboxylic acids is 1. The van der Waals surface area contributed by atoms with E-state index in [1.807, 2.05) is 6.92 Å². The summed E-state index contributed by atoms with van der Waals surface area (Å²) in [6.07, 6.45) is 3.80. The number of nitrogens with zero attached hydrogens (tertiary/aromatic N) is 2. The summed E-state index contributed by atoms with van der Waals surface area (Å²) in [4.78, 5) is 25.1. The molecular weight excluding hydrogens is 260 g/mol. The predicted octanol–water partition coefficient (Wildman–Crippen LogP) is 1.26. The Morgan fingerprint density at radius 2 is 2.30 bits per heavy atom. The Kier molecular flexibility index (Phi) is 3.96. The number of piperidine rings is 1. The van der Waals surface area contributed by atoms with Crippen molar-refractivity contribution in [3.8, 4) is 0 Å². The van der Waals surface area contributed by atoms with E-state index in [1.54, 1.807) is 13.1 Å². The molecule has 20 heavy (non-hydrogen) atoms. The number of aromatic amines is 1. The first-order valence-corrected chi connectivity index (χ1v) is 6.73. The molecule has 7 heteroatoms. The summed E-state index contributed by atoms with van der Waals surface area (Å²) >= 11 is 0. The normalized spacial score (nSPS) is 22.6. The van der Waals surface area contributed by atoms with Crippen LogP contribution in [0.1, 0.15) is 37.4 Å². The van der Waals surface area contributed by atoms with Crippen LogP contribution in [0.5, 0.6) is 0 Å². The van der Waals surface area contributed by atoms with Crippen LogP contribution < -0.4 is 5.32 Å². The first-order chi connectivity index (χ1) is 9.45. The third-order valence-corrected chi connectivity index (χ3v) is 3.96. The predicted molar refractivity (Wildman–Crippen MR) is 72.2 cm³/mol. The van der Waals surface area contributed by atoms with Crippen molar-refractivity contribution in [1.29, 1.82) is 0 Å². The number of aryl methyl sites for hydroxylation is 1. The van der Waals surface area contributed by atoms with Crippen molar-refractivity contribution >= 4 is 12.0 Å². The lowest BCUT2D eigenvalue weighted by Crippen LogP contribution is -2.59. The number of carbonyl (C=O) groups is 2. The Balaban J connectivity index is 2.03. The Hall–Kier alpha value is -2.05. The number of rotatable bonds is 3. The second kappa shape index (κ2) is 5.52. The Morgan fingerprint density at radius 1 is 1.55 bits per heavy atom. The molecule has 1 aromatic heterocycles. The van der Waals surface area contributed by atoms with Gasteiger partial charge in [-0.05, 0) is 33.1 Å². The van der Waals surface area contributed by atoms with Gasteiger partial charge >= 0.3 is 12.0 Å². The summed E-state index contributed by atoms with van der Waals surface area (Å²) in [5.74, 6) is -0.952.